The highest BCUT2D eigenvalue weighted by atomic mass is 16.2. The zero-order chi connectivity index (χ0) is 11.1. The Kier molecular flexibility index (Phi) is 2.75. The summed E-state index contributed by atoms with van der Waals surface area (Å²) in [5.41, 5.74) is 0.226. The standard InChI is InChI=1S/C12H22N2O/c1-12(2,3)10-5-4-6-14(10)11(15)9-7-13-8-9/h9-10,13H,4-8H2,1-3H3. The highest BCUT2D eigenvalue weighted by Gasteiger charge is 2.40. The van der Waals surface area contributed by atoms with Gasteiger partial charge < -0.3 is 10.2 Å². The molecule has 2 rings (SSSR count). The van der Waals surface area contributed by atoms with Gasteiger partial charge in [-0.1, -0.05) is 20.8 Å². The van der Waals surface area contributed by atoms with E-state index in [-0.39, 0.29) is 11.3 Å². The predicted octanol–water partition coefficient (Wildman–Crippen LogP) is 1.24. The van der Waals surface area contributed by atoms with E-state index in [1.165, 1.54) is 12.8 Å². The zero-order valence-corrected chi connectivity index (χ0v) is 10.0. The maximum Gasteiger partial charge on any atom is 0.228 e. The van der Waals surface area contributed by atoms with Crippen LogP contribution in [0.3, 0.4) is 0 Å². The first-order chi connectivity index (χ1) is 7.00. The monoisotopic (exact) mass is 210 g/mol. The summed E-state index contributed by atoms with van der Waals surface area (Å²) in [5.74, 6) is 0.638. The molecule has 0 saturated carbocycles. The molecule has 0 bridgehead atoms. The number of carbonyl (C=O) groups is 1. The second-order valence-corrected chi connectivity index (χ2v) is 5.91. The fourth-order valence-electron chi connectivity index (χ4n) is 2.63. The van der Waals surface area contributed by atoms with Gasteiger partial charge in [-0.15, -0.1) is 0 Å². The summed E-state index contributed by atoms with van der Waals surface area (Å²) in [6.45, 7) is 9.45. The Bertz CT molecular complexity index is 253. The first kappa shape index (κ1) is 10.9. The van der Waals surface area contributed by atoms with Crippen LogP contribution >= 0.6 is 0 Å². The third kappa shape index (κ3) is 2.03. The Morgan fingerprint density at radius 3 is 2.47 bits per heavy atom. The predicted molar refractivity (Wildman–Crippen MR) is 60.5 cm³/mol. The molecule has 1 atom stereocenters. The smallest absolute Gasteiger partial charge is 0.228 e. The molecule has 1 amide bonds. The van der Waals surface area contributed by atoms with Gasteiger partial charge in [-0.2, -0.15) is 0 Å². The van der Waals surface area contributed by atoms with Crippen molar-refractivity contribution in [3.63, 3.8) is 0 Å². The van der Waals surface area contributed by atoms with Crippen LogP contribution in [-0.2, 0) is 4.79 Å². The van der Waals surface area contributed by atoms with Crippen molar-refractivity contribution in [2.24, 2.45) is 11.3 Å². The van der Waals surface area contributed by atoms with Gasteiger partial charge in [-0.3, -0.25) is 4.79 Å². The SMILES string of the molecule is CC(C)(C)C1CCCN1C(=O)C1CNC1. The number of nitrogens with zero attached hydrogens (tertiary/aromatic N) is 1. The minimum absolute atomic E-state index is 0.226. The average molecular weight is 210 g/mol. The minimum atomic E-state index is 0.226. The lowest BCUT2D eigenvalue weighted by Gasteiger charge is -2.39. The van der Waals surface area contributed by atoms with E-state index in [1.807, 2.05) is 0 Å². The van der Waals surface area contributed by atoms with Crippen molar-refractivity contribution in [1.29, 1.82) is 0 Å². The quantitative estimate of drug-likeness (QED) is 0.706. The molecule has 0 aromatic rings. The lowest BCUT2D eigenvalue weighted by molar-refractivity contribution is -0.139. The van der Waals surface area contributed by atoms with E-state index in [0.717, 1.165) is 19.6 Å². The second kappa shape index (κ2) is 3.78. The molecular formula is C12H22N2O. The fourth-order valence-corrected chi connectivity index (χ4v) is 2.63. The molecule has 2 heterocycles. The maximum absolute atomic E-state index is 12.2. The van der Waals surface area contributed by atoms with Crippen molar-refractivity contribution in [3.05, 3.63) is 0 Å². The fraction of sp³-hybridized carbons (Fsp3) is 0.917. The third-order valence-electron chi connectivity index (χ3n) is 3.67. The number of carbonyl (C=O) groups excluding carboxylic acids is 1. The number of amides is 1. The molecule has 2 fully saturated rings. The molecular weight excluding hydrogens is 188 g/mol. The van der Waals surface area contributed by atoms with E-state index in [9.17, 15) is 4.79 Å². The van der Waals surface area contributed by atoms with Crippen molar-refractivity contribution < 1.29 is 4.79 Å². The van der Waals surface area contributed by atoms with Gasteiger partial charge in [-0.05, 0) is 18.3 Å². The van der Waals surface area contributed by atoms with Crippen molar-refractivity contribution in [2.75, 3.05) is 19.6 Å². The number of hydrogen-bond donors (Lipinski definition) is 1. The molecule has 2 saturated heterocycles. The normalized spacial score (nSPS) is 27.9. The van der Waals surface area contributed by atoms with Crippen molar-refractivity contribution in [3.8, 4) is 0 Å². The molecule has 1 N–H and O–H groups in total. The van der Waals surface area contributed by atoms with Crippen LogP contribution in [0.25, 0.3) is 0 Å². The molecule has 3 heteroatoms. The zero-order valence-electron chi connectivity index (χ0n) is 10.0. The summed E-state index contributed by atoms with van der Waals surface area (Å²) in [4.78, 5) is 14.3. The van der Waals surface area contributed by atoms with E-state index >= 15 is 0 Å². The van der Waals surface area contributed by atoms with Crippen molar-refractivity contribution in [1.82, 2.24) is 10.2 Å². The van der Waals surface area contributed by atoms with Gasteiger partial charge in [-0.25, -0.2) is 0 Å². The summed E-state index contributed by atoms with van der Waals surface area (Å²) >= 11 is 0. The third-order valence-corrected chi connectivity index (χ3v) is 3.67. The first-order valence-electron chi connectivity index (χ1n) is 6.01. The highest BCUT2D eigenvalue weighted by Crippen LogP contribution is 2.33. The van der Waals surface area contributed by atoms with Gasteiger partial charge in [0.2, 0.25) is 5.91 Å². The Morgan fingerprint density at radius 2 is 2.00 bits per heavy atom. The molecule has 0 radical (unpaired) electrons. The first-order valence-corrected chi connectivity index (χ1v) is 6.01. The van der Waals surface area contributed by atoms with Crippen LogP contribution in [-0.4, -0.2) is 36.5 Å². The maximum atomic E-state index is 12.2. The van der Waals surface area contributed by atoms with E-state index in [4.69, 9.17) is 0 Å². The summed E-state index contributed by atoms with van der Waals surface area (Å²) in [5, 5.41) is 3.17. The molecule has 1 unspecified atom stereocenters. The van der Waals surface area contributed by atoms with Crippen LogP contribution in [0, 0.1) is 11.3 Å². The summed E-state index contributed by atoms with van der Waals surface area (Å²) in [6, 6.07) is 0.450. The largest absolute Gasteiger partial charge is 0.339 e. The summed E-state index contributed by atoms with van der Waals surface area (Å²) in [7, 11) is 0. The van der Waals surface area contributed by atoms with E-state index in [0.29, 0.717) is 11.9 Å². The van der Waals surface area contributed by atoms with E-state index < -0.39 is 0 Å². The van der Waals surface area contributed by atoms with E-state index in [1.54, 1.807) is 0 Å². The molecule has 2 aliphatic heterocycles. The molecule has 86 valence electrons. The van der Waals surface area contributed by atoms with Gasteiger partial charge in [0.05, 0.1) is 5.92 Å². The number of rotatable bonds is 1. The molecule has 15 heavy (non-hydrogen) atoms. The van der Waals surface area contributed by atoms with Crippen LogP contribution in [0.15, 0.2) is 0 Å². The Balaban J connectivity index is 2.04. The van der Waals surface area contributed by atoms with Gasteiger partial charge in [0.1, 0.15) is 0 Å². The average Bonchev–Trinajstić information content (AvgIpc) is 2.45. The number of likely N-dealkylation sites (tertiary alicyclic amines) is 1. The lowest BCUT2D eigenvalue weighted by Crippen LogP contribution is -2.54. The van der Waals surface area contributed by atoms with Gasteiger partial charge in [0.25, 0.3) is 0 Å². The van der Waals surface area contributed by atoms with Gasteiger partial charge in [0, 0.05) is 25.7 Å². The van der Waals surface area contributed by atoms with Gasteiger partial charge in [0.15, 0.2) is 0 Å². The molecule has 2 aliphatic rings. The summed E-state index contributed by atoms with van der Waals surface area (Å²) in [6.07, 6.45) is 2.35. The molecule has 0 aromatic heterocycles. The van der Waals surface area contributed by atoms with Crippen LogP contribution in [0.1, 0.15) is 33.6 Å². The van der Waals surface area contributed by atoms with Crippen molar-refractivity contribution in [2.45, 2.75) is 39.7 Å². The molecule has 0 spiro atoms. The Hall–Kier alpha value is -0.570. The van der Waals surface area contributed by atoms with Gasteiger partial charge >= 0.3 is 0 Å². The van der Waals surface area contributed by atoms with Crippen LogP contribution in [0.5, 0.6) is 0 Å². The number of nitrogens with one attached hydrogen (secondary N) is 1. The molecule has 0 aromatic carbocycles. The summed E-state index contributed by atoms with van der Waals surface area (Å²) < 4.78 is 0. The van der Waals surface area contributed by atoms with Crippen LogP contribution < -0.4 is 5.32 Å². The lowest BCUT2D eigenvalue weighted by atomic mass is 9.84. The second-order valence-electron chi connectivity index (χ2n) is 5.91. The van der Waals surface area contributed by atoms with Crippen LogP contribution in [0.2, 0.25) is 0 Å². The highest BCUT2D eigenvalue weighted by molar-refractivity contribution is 5.80. The van der Waals surface area contributed by atoms with E-state index in [2.05, 4.69) is 31.0 Å². The Labute approximate surface area is 92.2 Å². The van der Waals surface area contributed by atoms with Crippen LogP contribution in [0.4, 0.5) is 0 Å². The molecule has 0 aliphatic carbocycles. The van der Waals surface area contributed by atoms with Crippen molar-refractivity contribution >= 4 is 5.91 Å². The minimum Gasteiger partial charge on any atom is -0.339 e. The molecule has 3 nitrogen and oxygen atoms in total. The topological polar surface area (TPSA) is 32.3 Å². The Morgan fingerprint density at radius 1 is 1.33 bits per heavy atom. The number of hydrogen-bond acceptors (Lipinski definition) is 2.